The van der Waals surface area contributed by atoms with E-state index in [1.807, 2.05) is 11.8 Å². The first-order valence-corrected chi connectivity index (χ1v) is 13.1. The Morgan fingerprint density at radius 1 is 0.829 bits per heavy atom. The van der Waals surface area contributed by atoms with Gasteiger partial charge in [-0.05, 0) is 52.8 Å². The molecule has 4 aromatic carbocycles. The van der Waals surface area contributed by atoms with Gasteiger partial charge < -0.3 is 4.42 Å². The molecular weight excluding hydrogens is 446 g/mol. The van der Waals surface area contributed by atoms with E-state index in [-0.39, 0.29) is 5.41 Å². The molecule has 3 heteroatoms. The van der Waals surface area contributed by atoms with E-state index in [4.69, 9.17) is 4.42 Å². The van der Waals surface area contributed by atoms with Crippen molar-refractivity contribution < 1.29 is 8.98 Å². The number of para-hydroxylation sites is 1. The maximum atomic E-state index is 6.37. The van der Waals surface area contributed by atoms with Crippen LogP contribution in [0, 0.1) is 12.3 Å². The fourth-order valence-corrected chi connectivity index (χ4v) is 7.34. The normalized spacial score (nSPS) is 13.3. The highest BCUT2D eigenvalue weighted by atomic mass is 32.2. The van der Waals surface area contributed by atoms with Crippen LogP contribution in [0.5, 0.6) is 0 Å². The molecule has 3 heterocycles. The highest BCUT2D eigenvalue weighted by Crippen LogP contribution is 2.54. The summed E-state index contributed by atoms with van der Waals surface area (Å²) in [6.45, 7) is 9.33. The SMILES string of the molecule is Cc1c2c(c(CC(C)(C)C)c3ccccc13)Sc1cc3oc4ccccc4c3c3cc[n+](C)c-2c13. The summed E-state index contributed by atoms with van der Waals surface area (Å²) in [5.41, 5.74) is 7.64. The average molecular weight is 475 g/mol. The summed E-state index contributed by atoms with van der Waals surface area (Å²) in [5, 5.41) is 7.77. The minimum absolute atomic E-state index is 0.184. The molecule has 0 atom stereocenters. The van der Waals surface area contributed by atoms with Crippen molar-refractivity contribution in [2.24, 2.45) is 12.5 Å². The molecule has 35 heavy (non-hydrogen) atoms. The second-order valence-corrected chi connectivity index (χ2v) is 12.2. The van der Waals surface area contributed by atoms with E-state index in [9.17, 15) is 0 Å². The van der Waals surface area contributed by atoms with Gasteiger partial charge in [0.05, 0.1) is 10.9 Å². The summed E-state index contributed by atoms with van der Waals surface area (Å²) >= 11 is 1.93. The number of aromatic nitrogens is 1. The van der Waals surface area contributed by atoms with E-state index < -0.39 is 0 Å². The lowest BCUT2D eigenvalue weighted by Gasteiger charge is -2.27. The average Bonchev–Trinajstić information content (AvgIpc) is 3.20. The topological polar surface area (TPSA) is 17.0 Å². The number of hydrogen-bond acceptors (Lipinski definition) is 2. The van der Waals surface area contributed by atoms with Gasteiger partial charge in [-0.25, -0.2) is 4.57 Å². The summed E-state index contributed by atoms with van der Waals surface area (Å²) < 4.78 is 8.69. The van der Waals surface area contributed by atoms with Gasteiger partial charge in [0.2, 0.25) is 5.69 Å². The second-order valence-electron chi connectivity index (χ2n) is 11.1. The standard InChI is InChI=1S/C32H28NOS/c1-18-19-10-6-7-11-20(19)23(17-32(2,3)4)31-27(18)30-29-22(14-15-33(30)5)28-21-12-8-9-13-24(21)34-25(28)16-26(29)35-31/h6-16H,17H2,1-5H3/q+1. The molecule has 0 fully saturated rings. The fourth-order valence-electron chi connectivity index (χ4n) is 5.99. The lowest BCUT2D eigenvalue weighted by Crippen LogP contribution is -2.32. The maximum absolute atomic E-state index is 6.37. The van der Waals surface area contributed by atoms with Gasteiger partial charge in [-0.2, -0.15) is 0 Å². The van der Waals surface area contributed by atoms with Crippen molar-refractivity contribution in [3.05, 3.63) is 78.0 Å². The molecule has 0 saturated heterocycles. The minimum atomic E-state index is 0.184. The van der Waals surface area contributed by atoms with Crippen LogP contribution in [-0.4, -0.2) is 0 Å². The molecule has 6 aromatic rings. The number of aryl methyl sites for hydroxylation is 2. The van der Waals surface area contributed by atoms with Gasteiger partial charge in [0, 0.05) is 32.0 Å². The van der Waals surface area contributed by atoms with Crippen LogP contribution in [0.25, 0.3) is 54.7 Å². The number of benzene rings is 4. The van der Waals surface area contributed by atoms with Crippen LogP contribution in [0.1, 0.15) is 31.9 Å². The summed E-state index contributed by atoms with van der Waals surface area (Å²) in [7, 11) is 2.19. The zero-order valence-electron chi connectivity index (χ0n) is 20.8. The fraction of sp³-hybridized carbons (Fsp3) is 0.219. The Bertz CT molecular complexity index is 1850. The van der Waals surface area contributed by atoms with Gasteiger partial charge in [0.1, 0.15) is 18.2 Å². The number of pyridine rings is 1. The van der Waals surface area contributed by atoms with Gasteiger partial charge >= 0.3 is 0 Å². The molecule has 0 radical (unpaired) electrons. The van der Waals surface area contributed by atoms with E-state index >= 15 is 0 Å². The highest BCUT2D eigenvalue weighted by Gasteiger charge is 2.33. The van der Waals surface area contributed by atoms with Crippen molar-refractivity contribution in [2.45, 2.75) is 43.9 Å². The Morgan fingerprint density at radius 2 is 1.54 bits per heavy atom. The molecule has 1 aliphatic rings. The van der Waals surface area contributed by atoms with Gasteiger partial charge in [-0.1, -0.05) is 75.0 Å². The van der Waals surface area contributed by atoms with Crippen molar-refractivity contribution >= 4 is 55.2 Å². The first-order valence-electron chi connectivity index (χ1n) is 12.3. The second kappa shape index (κ2) is 7.11. The molecule has 2 nitrogen and oxygen atoms in total. The van der Waals surface area contributed by atoms with E-state index in [1.54, 1.807) is 0 Å². The maximum Gasteiger partial charge on any atom is 0.222 e. The minimum Gasteiger partial charge on any atom is -0.456 e. The molecule has 0 spiro atoms. The summed E-state index contributed by atoms with van der Waals surface area (Å²) in [4.78, 5) is 2.69. The van der Waals surface area contributed by atoms with Crippen molar-refractivity contribution in [3.63, 3.8) is 0 Å². The van der Waals surface area contributed by atoms with Crippen LogP contribution in [0.3, 0.4) is 0 Å². The van der Waals surface area contributed by atoms with E-state index in [2.05, 4.69) is 106 Å². The quantitative estimate of drug-likeness (QED) is 0.221. The number of nitrogens with zero attached hydrogens (tertiary/aromatic N) is 1. The predicted octanol–water partition coefficient (Wildman–Crippen LogP) is 8.75. The van der Waals surface area contributed by atoms with Gasteiger partial charge in [0.25, 0.3) is 0 Å². The molecule has 0 bridgehead atoms. The molecule has 172 valence electrons. The highest BCUT2D eigenvalue weighted by molar-refractivity contribution is 8.00. The van der Waals surface area contributed by atoms with Crippen LogP contribution < -0.4 is 4.57 Å². The summed E-state index contributed by atoms with van der Waals surface area (Å²) in [6.07, 6.45) is 3.26. The number of rotatable bonds is 1. The predicted molar refractivity (Wildman–Crippen MR) is 147 cm³/mol. The van der Waals surface area contributed by atoms with Crippen molar-refractivity contribution in [2.75, 3.05) is 0 Å². The van der Waals surface area contributed by atoms with Gasteiger partial charge in [0.15, 0.2) is 6.20 Å². The van der Waals surface area contributed by atoms with Crippen molar-refractivity contribution in [1.82, 2.24) is 0 Å². The monoisotopic (exact) mass is 474 g/mol. The third-order valence-electron chi connectivity index (χ3n) is 7.41. The van der Waals surface area contributed by atoms with Crippen molar-refractivity contribution in [3.8, 4) is 11.3 Å². The summed E-state index contributed by atoms with van der Waals surface area (Å²) in [5.74, 6) is 0. The number of furan rings is 1. The van der Waals surface area contributed by atoms with Crippen LogP contribution in [0.15, 0.2) is 81.1 Å². The molecule has 0 aliphatic carbocycles. The Morgan fingerprint density at radius 3 is 2.31 bits per heavy atom. The Balaban J connectivity index is 1.68. The molecule has 0 saturated carbocycles. The van der Waals surface area contributed by atoms with Crippen LogP contribution in [0.4, 0.5) is 0 Å². The molecule has 2 aromatic heterocycles. The number of fused-ring (bicyclic) bond motifs is 7. The van der Waals surface area contributed by atoms with E-state index in [0.717, 1.165) is 17.6 Å². The van der Waals surface area contributed by atoms with E-state index in [0.29, 0.717) is 0 Å². The lowest BCUT2D eigenvalue weighted by atomic mass is 9.83. The Kier molecular flexibility index (Phi) is 4.27. The van der Waals surface area contributed by atoms with Gasteiger partial charge in [-0.3, -0.25) is 0 Å². The molecular formula is C32H28NOS+. The van der Waals surface area contributed by atoms with Crippen LogP contribution in [0.2, 0.25) is 0 Å². The number of hydrogen-bond donors (Lipinski definition) is 0. The zero-order valence-corrected chi connectivity index (χ0v) is 21.6. The first-order chi connectivity index (χ1) is 16.8. The van der Waals surface area contributed by atoms with E-state index in [1.165, 1.54) is 64.5 Å². The molecule has 0 N–H and O–H groups in total. The smallest absolute Gasteiger partial charge is 0.222 e. The van der Waals surface area contributed by atoms with Crippen LogP contribution >= 0.6 is 11.8 Å². The molecule has 0 unspecified atom stereocenters. The Hall–Kier alpha value is -3.30. The third kappa shape index (κ3) is 2.94. The lowest BCUT2D eigenvalue weighted by molar-refractivity contribution is -0.659. The largest absolute Gasteiger partial charge is 0.456 e. The van der Waals surface area contributed by atoms with Gasteiger partial charge in [-0.15, -0.1) is 0 Å². The zero-order chi connectivity index (χ0) is 24.1. The first kappa shape index (κ1) is 21.0. The molecule has 1 aliphatic heterocycles. The third-order valence-corrected chi connectivity index (χ3v) is 8.61. The Labute approximate surface area is 209 Å². The molecule has 0 amide bonds. The van der Waals surface area contributed by atoms with Crippen LogP contribution in [-0.2, 0) is 13.5 Å². The summed E-state index contributed by atoms with van der Waals surface area (Å²) in [6, 6.07) is 21.9. The molecule has 7 rings (SSSR count). The van der Waals surface area contributed by atoms with Crippen molar-refractivity contribution in [1.29, 1.82) is 0 Å².